The number of imidazole rings is 1. The van der Waals surface area contributed by atoms with E-state index >= 15 is 0 Å². The van der Waals surface area contributed by atoms with Gasteiger partial charge in [0.05, 0.1) is 19.7 Å². The highest BCUT2D eigenvalue weighted by Gasteiger charge is 2.12. The summed E-state index contributed by atoms with van der Waals surface area (Å²) in [5.41, 5.74) is 1.57. The normalized spacial score (nSPS) is 9.67. The van der Waals surface area contributed by atoms with E-state index in [1.807, 2.05) is 53.1 Å². The fourth-order valence-corrected chi connectivity index (χ4v) is 1.76. The van der Waals surface area contributed by atoms with Crippen LogP contribution in [0.4, 0.5) is 0 Å². The molecule has 0 bridgehead atoms. The number of methoxy groups -OCH3 is 1. The van der Waals surface area contributed by atoms with Crippen LogP contribution in [0.15, 0.2) is 43.0 Å². The Balaban J connectivity index is 0.00000162. The topological polar surface area (TPSA) is 35.1 Å². The summed E-state index contributed by atoms with van der Waals surface area (Å²) in [5.74, 6) is -0.294. The van der Waals surface area contributed by atoms with E-state index in [9.17, 15) is 4.79 Å². The number of halogens is 1. The van der Waals surface area contributed by atoms with Gasteiger partial charge in [-0.3, -0.25) is 0 Å². The van der Waals surface area contributed by atoms with Crippen LogP contribution in [0, 0.1) is 0 Å². The van der Waals surface area contributed by atoms with Crippen LogP contribution in [0.3, 0.4) is 0 Å². The molecule has 18 heavy (non-hydrogen) atoms. The molecule has 2 rings (SSSR count). The van der Waals surface area contributed by atoms with E-state index in [0.29, 0.717) is 12.1 Å². The highest BCUT2D eigenvalue weighted by Crippen LogP contribution is 2.11. The number of hydrogen-bond donors (Lipinski definition) is 0. The van der Waals surface area contributed by atoms with Gasteiger partial charge in [0.15, 0.2) is 0 Å². The standard InChI is InChI=1S/C13H15N2O2.BrH/c1-14-7-8-15(10-14)9-11-5-3-4-6-12(11)13(16)17-2;/h3-8,10H,9H2,1-2H3;1H/q+1;/p-1. The Morgan fingerprint density at radius 1 is 1.39 bits per heavy atom. The Labute approximate surface area is 117 Å². The third-order valence-electron chi connectivity index (χ3n) is 2.60. The lowest BCUT2D eigenvalue weighted by Gasteiger charge is -2.05. The van der Waals surface area contributed by atoms with Crippen LogP contribution >= 0.6 is 0 Å². The van der Waals surface area contributed by atoms with Crippen LogP contribution < -0.4 is 21.5 Å². The lowest BCUT2D eigenvalue weighted by Crippen LogP contribution is -3.00. The van der Waals surface area contributed by atoms with E-state index in [-0.39, 0.29) is 23.0 Å². The largest absolute Gasteiger partial charge is 1.00 e. The van der Waals surface area contributed by atoms with Crippen LogP contribution in [0.25, 0.3) is 0 Å². The highest BCUT2D eigenvalue weighted by molar-refractivity contribution is 5.90. The van der Waals surface area contributed by atoms with Gasteiger partial charge in [0.2, 0.25) is 6.33 Å². The van der Waals surface area contributed by atoms with Gasteiger partial charge in [-0.1, -0.05) is 18.2 Å². The van der Waals surface area contributed by atoms with Gasteiger partial charge in [-0.15, -0.1) is 0 Å². The summed E-state index contributed by atoms with van der Waals surface area (Å²) in [6, 6.07) is 7.48. The molecule has 0 saturated carbocycles. The van der Waals surface area contributed by atoms with Crippen molar-refractivity contribution in [2.45, 2.75) is 6.54 Å². The lowest BCUT2D eigenvalue weighted by atomic mass is 10.1. The zero-order valence-corrected chi connectivity index (χ0v) is 11.9. The molecule has 0 spiro atoms. The molecular weight excluding hydrogens is 296 g/mol. The van der Waals surface area contributed by atoms with Crippen molar-refractivity contribution in [2.75, 3.05) is 7.11 Å². The second kappa shape index (κ2) is 6.35. The molecule has 0 amide bonds. The quantitative estimate of drug-likeness (QED) is 0.493. The fraction of sp³-hybridized carbons (Fsp3) is 0.231. The first-order valence-corrected chi connectivity index (χ1v) is 5.38. The maximum Gasteiger partial charge on any atom is 0.338 e. The van der Waals surface area contributed by atoms with Crippen molar-refractivity contribution in [3.8, 4) is 0 Å². The first-order valence-electron chi connectivity index (χ1n) is 5.38. The van der Waals surface area contributed by atoms with Crippen molar-refractivity contribution in [1.29, 1.82) is 0 Å². The zero-order valence-electron chi connectivity index (χ0n) is 10.3. The van der Waals surface area contributed by atoms with Crippen LogP contribution in [0.1, 0.15) is 15.9 Å². The number of ether oxygens (including phenoxy) is 1. The molecule has 0 aliphatic rings. The van der Waals surface area contributed by atoms with Crippen LogP contribution in [-0.2, 0) is 18.3 Å². The van der Waals surface area contributed by atoms with Crippen molar-refractivity contribution in [1.82, 2.24) is 4.57 Å². The van der Waals surface area contributed by atoms with E-state index in [1.54, 1.807) is 6.07 Å². The van der Waals surface area contributed by atoms with Gasteiger partial charge in [0.1, 0.15) is 18.9 Å². The molecule has 0 unspecified atom stereocenters. The summed E-state index contributed by atoms with van der Waals surface area (Å²) in [5, 5.41) is 0. The van der Waals surface area contributed by atoms with Gasteiger partial charge in [-0.05, 0) is 6.07 Å². The molecule has 4 nitrogen and oxygen atoms in total. The zero-order chi connectivity index (χ0) is 12.3. The monoisotopic (exact) mass is 310 g/mol. The maximum absolute atomic E-state index is 11.6. The molecule has 0 N–H and O–H groups in total. The van der Waals surface area contributed by atoms with E-state index in [0.717, 1.165) is 5.56 Å². The fourth-order valence-electron chi connectivity index (χ4n) is 1.76. The molecule has 1 aromatic carbocycles. The van der Waals surface area contributed by atoms with Crippen molar-refractivity contribution >= 4 is 5.97 Å². The Morgan fingerprint density at radius 2 is 2.11 bits per heavy atom. The minimum atomic E-state index is -0.294. The molecule has 1 heterocycles. The number of rotatable bonds is 3. The first kappa shape index (κ1) is 14.4. The van der Waals surface area contributed by atoms with Crippen LogP contribution in [-0.4, -0.2) is 17.6 Å². The van der Waals surface area contributed by atoms with Crippen molar-refractivity contribution < 1.29 is 31.1 Å². The van der Waals surface area contributed by atoms with Crippen molar-refractivity contribution in [3.05, 3.63) is 54.1 Å². The molecule has 5 heteroatoms. The predicted molar refractivity (Wildman–Crippen MR) is 62.5 cm³/mol. The lowest BCUT2D eigenvalue weighted by molar-refractivity contribution is -0.671. The van der Waals surface area contributed by atoms with Gasteiger partial charge in [0, 0.05) is 5.56 Å². The number of esters is 1. The van der Waals surface area contributed by atoms with Crippen molar-refractivity contribution in [2.24, 2.45) is 7.05 Å². The highest BCUT2D eigenvalue weighted by atomic mass is 79.9. The number of benzene rings is 1. The molecule has 0 saturated heterocycles. The Hall–Kier alpha value is -1.62. The third-order valence-corrected chi connectivity index (χ3v) is 2.60. The van der Waals surface area contributed by atoms with E-state index < -0.39 is 0 Å². The number of carbonyl (C=O) groups is 1. The average molecular weight is 311 g/mol. The number of carbonyl (C=O) groups excluding carboxylic acids is 1. The maximum atomic E-state index is 11.6. The molecule has 0 radical (unpaired) electrons. The number of nitrogens with zero attached hydrogens (tertiary/aromatic N) is 2. The minimum Gasteiger partial charge on any atom is -1.00 e. The predicted octanol–water partition coefficient (Wildman–Crippen LogP) is -1.85. The van der Waals surface area contributed by atoms with E-state index in [4.69, 9.17) is 4.74 Å². The average Bonchev–Trinajstić information content (AvgIpc) is 2.74. The molecule has 0 atom stereocenters. The molecule has 0 fully saturated rings. The summed E-state index contributed by atoms with van der Waals surface area (Å²) in [7, 11) is 3.36. The Kier molecular flexibility index (Phi) is 5.09. The van der Waals surface area contributed by atoms with E-state index in [2.05, 4.69) is 0 Å². The SMILES string of the molecule is COC(=O)c1ccccc1Cn1cc[n+](C)c1.[Br-]. The molecule has 0 aliphatic heterocycles. The number of aromatic nitrogens is 2. The van der Waals surface area contributed by atoms with E-state index in [1.165, 1.54) is 7.11 Å². The Morgan fingerprint density at radius 3 is 2.72 bits per heavy atom. The van der Waals surface area contributed by atoms with Crippen LogP contribution in [0.5, 0.6) is 0 Å². The molecule has 96 valence electrons. The molecule has 2 aromatic rings. The summed E-state index contributed by atoms with van der Waals surface area (Å²) < 4.78 is 8.74. The first-order chi connectivity index (χ1) is 8.20. The second-order valence-corrected chi connectivity index (χ2v) is 3.90. The summed E-state index contributed by atoms with van der Waals surface area (Å²) >= 11 is 0. The van der Waals surface area contributed by atoms with Crippen molar-refractivity contribution in [3.63, 3.8) is 0 Å². The molecular formula is C13H15BrN2O2. The van der Waals surface area contributed by atoms with Gasteiger partial charge in [-0.25, -0.2) is 13.9 Å². The minimum absolute atomic E-state index is 0. The summed E-state index contributed by atoms with van der Waals surface area (Å²) in [4.78, 5) is 11.6. The molecule has 1 aromatic heterocycles. The summed E-state index contributed by atoms with van der Waals surface area (Å²) in [6.07, 6.45) is 5.89. The number of aryl methyl sites for hydroxylation is 1. The third kappa shape index (κ3) is 3.20. The number of hydrogen-bond acceptors (Lipinski definition) is 2. The van der Waals surface area contributed by atoms with Crippen LogP contribution in [0.2, 0.25) is 0 Å². The second-order valence-electron chi connectivity index (χ2n) is 3.90. The Bertz CT molecular complexity index is 537. The molecule has 0 aliphatic carbocycles. The van der Waals surface area contributed by atoms with Gasteiger partial charge in [0.25, 0.3) is 0 Å². The van der Waals surface area contributed by atoms with Gasteiger partial charge in [-0.2, -0.15) is 0 Å². The smallest absolute Gasteiger partial charge is 0.338 e. The summed E-state index contributed by atoms with van der Waals surface area (Å²) in [6.45, 7) is 0.659. The van der Waals surface area contributed by atoms with Gasteiger partial charge >= 0.3 is 5.97 Å². The van der Waals surface area contributed by atoms with Gasteiger partial charge < -0.3 is 21.7 Å².